The number of carbonyl (C=O) groups excluding carboxylic acids is 1. The summed E-state index contributed by atoms with van der Waals surface area (Å²) in [7, 11) is 1.59. The SMILES string of the molecule is COc1ccccc1CNC(=O)/C(=C/c1ccc([N+](=O)[O-])cc1)c1ccccc1. The Morgan fingerprint density at radius 3 is 2.31 bits per heavy atom. The number of benzene rings is 3. The fourth-order valence-electron chi connectivity index (χ4n) is 2.88. The van der Waals surface area contributed by atoms with Crippen molar-refractivity contribution >= 4 is 23.2 Å². The number of nitro groups is 1. The molecule has 0 bridgehead atoms. The summed E-state index contributed by atoms with van der Waals surface area (Å²) in [5.41, 5.74) is 2.79. The molecule has 0 saturated heterocycles. The van der Waals surface area contributed by atoms with E-state index in [1.165, 1.54) is 12.1 Å². The van der Waals surface area contributed by atoms with Crippen LogP contribution in [0.1, 0.15) is 16.7 Å². The van der Waals surface area contributed by atoms with Crippen molar-refractivity contribution < 1.29 is 14.5 Å². The maximum Gasteiger partial charge on any atom is 0.269 e. The van der Waals surface area contributed by atoms with Crippen molar-refractivity contribution in [3.8, 4) is 5.75 Å². The molecular weight excluding hydrogens is 368 g/mol. The van der Waals surface area contributed by atoms with Crippen LogP contribution in [0.3, 0.4) is 0 Å². The Morgan fingerprint density at radius 1 is 1.00 bits per heavy atom. The summed E-state index contributed by atoms with van der Waals surface area (Å²) < 4.78 is 5.33. The first-order valence-corrected chi connectivity index (χ1v) is 9.00. The third kappa shape index (κ3) is 5.07. The van der Waals surface area contributed by atoms with Gasteiger partial charge in [-0.15, -0.1) is 0 Å². The fraction of sp³-hybridized carbons (Fsp3) is 0.0870. The standard InChI is InChI=1S/C23H20N2O4/c1-29-22-10-6-5-9-19(22)16-24-23(26)21(18-7-3-2-4-8-18)15-17-11-13-20(14-12-17)25(27)28/h2-15H,16H2,1H3,(H,24,26)/b21-15+. The van der Waals surface area contributed by atoms with Crippen LogP contribution in [0.4, 0.5) is 5.69 Å². The van der Waals surface area contributed by atoms with Crippen molar-refractivity contribution in [2.45, 2.75) is 6.54 Å². The van der Waals surface area contributed by atoms with E-state index in [1.807, 2.05) is 54.6 Å². The lowest BCUT2D eigenvalue weighted by Crippen LogP contribution is -2.24. The van der Waals surface area contributed by atoms with Crippen LogP contribution in [0.5, 0.6) is 5.75 Å². The Hall–Kier alpha value is -3.93. The first-order valence-electron chi connectivity index (χ1n) is 9.00. The van der Waals surface area contributed by atoms with Gasteiger partial charge < -0.3 is 10.1 Å². The third-order valence-corrected chi connectivity index (χ3v) is 4.38. The predicted octanol–water partition coefficient (Wildman–Crippen LogP) is 4.46. The van der Waals surface area contributed by atoms with E-state index in [2.05, 4.69) is 5.32 Å². The van der Waals surface area contributed by atoms with Crippen molar-refractivity contribution in [2.75, 3.05) is 7.11 Å². The predicted molar refractivity (Wildman–Crippen MR) is 112 cm³/mol. The van der Waals surface area contributed by atoms with Gasteiger partial charge in [0.2, 0.25) is 0 Å². The lowest BCUT2D eigenvalue weighted by Gasteiger charge is -2.12. The Kier molecular flexibility index (Phi) is 6.37. The highest BCUT2D eigenvalue weighted by molar-refractivity contribution is 6.24. The molecule has 0 spiro atoms. The average Bonchev–Trinajstić information content (AvgIpc) is 2.77. The summed E-state index contributed by atoms with van der Waals surface area (Å²) in [5, 5.41) is 13.8. The number of nitro benzene ring substituents is 1. The van der Waals surface area contributed by atoms with Gasteiger partial charge in [0.1, 0.15) is 5.75 Å². The summed E-state index contributed by atoms with van der Waals surface area (Å²) in [6.45, 7) is 0.313. The number of nitrogens with zero attached hydrogens (tertiary/aromatic N) is 1. The van der Waals surface area contributed by atoms with E-state index in [9.17, 15) is 14.9 Å². The Labute approximate surface area is 168 Å². The summed E-state index contributed by atoms with van der Waals surface area (Å²) in [6.07, 6.45) is 1.72. The molecule has 0 aliphatic carbocycles. The molecule has 0 fully saturated rings. The number of rotatable bonds is 7. The lowest BCUT2D eigenvalue weighted by atomic mass is 10.0. The van der Waals surface area contributed by atoms with Crippen molar-refractivity contribution in [1.82, 2.24) is 5.32 Å². The van der Waals surface area contributed by atoms with Crippen LogP contribution in [0.25, 0.3) is 11.6 Å². The minimum absolute atomic E-state index is 0.00374. The number of nitrogens with one attached hydrogen (secondary N) is 1. The van der Waals surface area contributed by atoms with Gasteiger partial charge in [-0.05, 0) is 35.4 Å². The molecule has 0 aliphatic heterocycles. The first-order chi connectivity index (χ1) is 14.1. The molecule has 6 nitrogen and oxygen atoms in total. The van der Waals surface area contributed by atoms with Gasteiger partial charge in [-0.2, -0.15) is 0 Å². The molecule has 0 aliphatic rings. The molecule has 3 rings (SSSR count). The van der Waals surface area contributed by atoms with Gasteiger partial charge in [0.05, 0.1) is 12.0 Å². The van der Waals surface area contributed by atoms with Crippen LogP contribution in [-0.4, -0.2) is 17.9 Å². The van der Waals surface area contributed by atoms with E-state index in [0.717, 1.165) is 11.1 Å². The molecule has 3 aromatic carbocycles. The highest BCUT2D eigenvalue weighted by Gasteiger charge is 2.13. The molecule has 29 heavy (non-hydrogen) atoms. The molecular formula is C23H20N2O4. The molecule has 0 unspecified atom stereocenters. The lowest BCUT2D eigenvalue weighted by molar-refractivity contribution is -0.384. The first kappa shape index (κ1) is 19.8. The van der Waals surface area contributed by atoms with Gasteiger partial charge in [-0.3, -0.25) is 14.9 Å². The van der Waals surface area contributed by atoms with E-state index >= 15 is 0 Å². The van der Waals surface area contributed by atoms with Crippen molar-refractivity contribution in [2.24, 2.45) is 0 Å². The van der Waals surface area contributed by atoms with Gasteiger partial charge >= 0.3 is 0 Å². The molecule has 0 radical (unpaired) electrons. The molecule has 0 saturated carbocycles. The monoisotopic (exact) mass is 388 g/mol. The number of non-ortho nitro benzene ring substituents is 1. The minimum atomic E-state index is -0.453. The highest BCUT2D eigenvalue weighted by atomic mass is 16.6. The number of hydrogen-bond donors (Lipinski definition) is 1. The highest BCUT2D eigenvalue weighted by Crippen LogP contribution is 2.22. The van der Waals surface area contributed by atoms with Crippen LogP contribution in [0, 0.1) is 10.1 Å². The van der Waals surface area contributed by atoms with Gasteiger partial charge in [0.25, 0.3) is 11.6 Å². The minimum Gasteiger partial charge on any atom is -0.496 e. The summed E-state index contributed by atoms with van der Waals surface area (Å²) in [4.78, 5) is 23.4. The quantitative estimate of drug-likeness (QED) is 0.280. The number of ether oxygens (including phenoxy) is 1. The molecule has 0 heterocycles. The van der Waals surface area contributed by atoms with Crippen LogP contribution in [-0.2, 0) is 11.3 Å². The van der Waals surface area contributed by atoms with Crippen LogP contribution in [0.2, 0.25) is 0 Å². The van der Waals surface area contributed by atoms with Crippen molar-refractivity contribution in [3.05, 3.63) is 106 Å². The average molecular weight is 388 g/mol. The summed E-state index contributed by atoms with van der Waals surface area (Å²) in [6, 6.07) is 22.8. The zero-order chi connectivity index (χ0) is 20.6. The second-order valence-electron chi connectivity index (χ2n) is 6.27. The third-order valence-electron chi connectivity index (χ3n) is 4.38. The Morgan fingerprint density at radius 2 is 1.66 bits per heavy atom. The maximum absolute atomic E-state index is 13.0. The summed E-state index contributed by atoms with van der Waals surface area (Å²) >= 11 is 0. The Bertz CT molecular complexity index is 1030. The van der Waals surface area contributed by atoms with E-state index in [1.54, 1.807) is 25.3 Å². The molecule has 0 atom stereocenters. The molecule has 1 amide bonds. The zero-order valence-corrected chi connectivity index (χ0v) is 15.9. The number of carbonyl (C=O) groups is 1. The molecule has 0 aromatic heterocycles. The normalized spacial score (nSPS) is 11.0. The maximum atomic E-state index is 13.0. The Balaban J connectivity index is 1.87. The second-order valence-corrected chi connectivity index (χ2v) is 6.27. The van der Waals surface area contributed by atoms with Crippen LogP contribution >= 0.6 is 0 Å². The number of hydrogen-bond acceptors (Lipinski definition) is 4. The summed E-state index contributed by atoms with van der Waals surface area (Å²) in [5.74, 6) is 0.453. The molecule has 3 aromatic rings. The smallest absolute Gasteiger partial charge is 0.269 e. The molecule has 6 heteroatoms. The molecule has 1 N–H and O–H groups in total. The van der Waals surface area contributed by atoms with Crippen molar-refractivity contribution in [1.29, 1.82) is 0 Å². The van der Waals surface area contributed by atoms with Gasteiger partial charge in [0, 0.05) is 29.8 Å². The topological polar surface area (TPSA) is 81.5 Å². The van der Waals surface area contributed by atoms with E-state index in [4.69, 9.17) is 4.74 Å². The van der Waals surface area contributed by atoms with E-state index in [0.29, 0.717) is 23.4 Å². The largest absolute Gasteiger partial charge is 0.496 e. The second kappa shape index (κ2) is 9.32. The van der Waals surface area contributed by atoms with Gasteiger partial charge in [-0.1, -0.05) is 48.5 Å². The van der Waals surface area contributed by atoms with E-state index < -0.39 is 4.92 Å². The number of amides is 1. The zero-order valence-electron chi connectivity index (χ0n) is 15.9. The number of methoxy groups -OCH3 is 1. The fourth-order valence-corrected chi connectivity index (χ4v) is 2.88. The van der Waals surface area contributed by atoms with Gasteiger partial charge in [0.15, 0.2) is 0 Å². The van der Waals surface area contributed by atoms with Crippen LogP contribution in [0.15, 0.2) is 78.9 Å². The van der Waals surface area contributed by atoms with Crippen molar-refractivity contribution in [3.63, 3.8) is 0 Å². The molecule has 146 valence electrons. The number of para-hydroxylation sites is 1. The van der Waals surface area contributed by atoms with Gasteiger partial charge in [-0.25, -0.2) is 0 Å². The van der Waals surface area contributed by atoms with Crippen LogP contribution < -0.4 is 10.1 Å². The van der Waals surface area contributed by atoms with E-state index in [-0.39, 0.29) is 11.6 Å².